The number of furan rings is 1. The molecule has 2 heterocycles. The minimum Gasteiger partial charge on any atom is -0.467 e. The van der Waals surface area contributed by atoms with Gasteiger partial charge >= 0.3 is 0 Å². The van der Waals surface area contributed by atoms with Gasteiger partial charge in [-0.25, -0.2) is 0 Å². The third-order valence-corrected chi connectivity index (χ3v) is 5.54. The van der Waals surface area contributed by atoms with Gasteiger partial charge in [0, 0.05) is 25.4 Å². The number of likely N-dealkylation sites (tertiary alicyclic amines) is 1. The fourth-order valence-electron chi connectivity index (χ4n) is 4.25. The van der Waals surface area contributed by atoms with E-state index < -0.39 is 6.10 Å². The Kier molecular flexibility index (Phi) is 5.76. The molecule has 1 saturated carbocycles. The lowest BCUT2D eigenvalue weighted by Gasteiger charge is -2.26. The molecule has 2 unspecified atom stereocenters. The van der Waals surface area contributed by atoms with E-state index >= 15 is 0 Å². The van der Waals surface area contributed by atoms with E-state index in [1.807, 2.05) is 4.90 Å². The number of rotatable bonds is 7. The van der Waals surface area contributed by atoms with Gasteiger partial charge in [0.1, 0.15) is 11.9 Å². The Morgan fingerprint density at radius 3 is 2.87 bits per heavy atom. The average Bonchev–Trinajstić information content (AvgIpc) is 3.29. The number of aliphatic hydroxyl groups excluding tert-OH is 1. The van der Waals surface area contributed by atoms with Crippen LogP contribution in [0.25, 0.3) is 0 Å². The number of carbonyl (C=O) groups excluding carboxylic acids is 1. The fraction of sp³-hybridized carbons (Fsp3) is 0.737. The number of amides is 1. The average molecular weight is 319 g/mol. The summed E-state index contributed by atoms with van der Waals surface area (Å²) in [5.41, 5.74) is 0. The number of aliphatic hydroxyl groups is 1. The molecule has 4 heteroatoms. The Morgan fingerprint density at radius 2 is 2.13 bits per heavy atom. The van der Waals surface area contributed by atoms with Crippen molar-refractivity contribution in [2.75, 3.05) is 6.54 Å². The first-order chi connectivity index (χ1) is 11.2. The molecule has 0 radical (unpaired) electrons. The van der Waals surface area contributed by atoms with Crippen LogP contribution in [-0.4, -0.2) is 28.5 Å². The molecule has 1 aliphatic carbocycles. The zero-order chi connectivity index (χ0) is 16.1. The molecule has 2 aliphatic rings. The lowest BCUT2D eigenvalue weighted by molar-refractivity contribution is -0.132. The van der Waals surface area contributed by atoms with E-state index in [9.17, 15) is 9.90 Å². The minimum absolute atomic E-state index is 0.161. The van der Waals surface area contributed by atoms with Gasteiger partial charge in [-0.05, 0) is 43.7 Å². The molecular formula is C19H29NO3. The van der Waals surface area contributed by atoms with Gasteiger partial charge < -0.3 is 14.4 Å². The van der Waals surface area contributed by atoms with E-state index in [1.165, 1.54) is 32.1 Å². The van der Waals surface area contributed by atoms with Gasteiger partial charge in [-0.1, -0.05) is 25.7 Å². The maximum Gasteiger partial charge on any atom is 0.222 e. The summed E-state index contributed by atoms with van der Waals surface area (Å²) in [5.74, 6) is 1.74. The first-order valence-corrected chi connectivity index (χ1v) is 9.25. The number of hydrogen-bond acceptors (Lipinski definition) is 3. The van der Waals surface area contributed by atoms with Crippen molar-refractivity contribution in [3.05, 3.63) is 24.2 Å². The third kappa shape index (κ3) is 4.37. The summed E-state index contributed by atoms with van der Waals surface area (Å²) >= 11 is 0. The molecule has 4 nitrogen and oxygen atoms in total. The van der Waals surface area contributed by atoms with Gasteiger partial charge in [-0.2, -0.15) is 0 Å². The van der Waals surface area contributed by atoms with Crippen LogP contribution in [0.2, 0.25) is 0 Å². The van der Waals surface area contributed by atoms with Crippen LogP contribution in [0.4, 0.5) is 0 Å². The molecule has 1 aliphatic heterocycles. The van der Waals surface area contributed by atoms with Crippen LogP contribution in [0.15, 0.2) is 22.8 Å². The maximum absolute atomic E-state index is 12.5. The van der Waals surface area contributed by atoms with E-state index in [0.717, 1.165) is 31.7 Å². The Bertz CT molecular complexity index is 479. The molecular weight excluding hydrogens is 290 g/mol. The molecule has 0 bridgehead atoms. The summed E-state index contributed by atoms with van der Waals surface area (Å²) in [5, 5.41) is 10.3. The Labute approximate surface area is 138 Å². The van der Waals surface area contributed by atoms with E-state index in [-0.39, 0.29) is 11.9 Å². The number of hydrogen-bond donors (Lipinski definition) is 1. The van der Waals surface area contributed by atoms with Crippen molar-refractivity contribution in [3.8, 4) is 0 Å². The Balaban J connectivity index is 1.44. The highest BCUT2D eigenvalue weighted by Gasteiger charge is 2.31. The molecule has 1 saturated heterocycles. The van der Waals surface area contributed by atoms with Gasteiger partial charge in [0.15, 0.2) is 0 Å². The van der Waals surface area contributed by atoms with Crippen molar-refractivity contribution in [2.24, 2.45) is 5.92 Å². The summed E-state index contributed by atoms with van der Waals surface area (Å²) in [6.45, 7) is 0.845. The van der Waals surface area contributed by atoms with Crippen LogP contribution in [-0.2, 0) is 4.79 Å². The maximum atomic E-state index is 12.5. The minimum atomic E-state index is -0.609. The van der Waals surface area contributed by atoms with Gasteiger partial charge in [0.2, 0.25) is 5.91 Å². The van der Waals surface area contributed by atoms with E-state index in [4.69, 9.17) is 4.42 Å². The zero-order valence-electron chi connectivity index (χ0n) is 14.0. The molecule has 0 spiro atoms. The van der Waals surface area contributed by atoms with Crippen LogP contribution in [0.3, 0.4) is 0 Å². The van der Waals surface area contributed by atoms with Crippen molar-refractivity contribution >= 4 is 5.91 Å². The lowest BCUT2D eigenvalue weighted by Crippen LogP contribution is -2.36. The summed E-state index contributed by atoms with van der Waals surface area (Å²) < 4.78 is 5.27. The smallest absolute Gasteiger partial charge is 0.222 e. The van der Waals surface area contributed by atoms with Gasteiger partial charge in [0.05, 0.1) is 6.26 Å². The summed E-state index contributed by atoms with van der Waals surface area (Å²) in [7, 11) is 0. The SMILES string of the molecule is O=C(CCCC1CCCC1)N1CCCC1CC(O)c1ccco1. The third-order valence-electron chi connectivity index (χ3n) is 5.54. The van der Waals surface area contributed by atoms with Crippen LogP contribution in [0.5, 0.6) is 0 Å². The normalized spacial score (nSPS) is 23.5. The highest BCUT2D eigenvalue weighted by atomic mass is 16.4. The number of carbonyl (C=O) groups is 1. The van der Waals surface area contributed by atoms with Gasteiger partial charge in [-0.3, -0.25) is 4.79 Å². The lowest BCUT2D eigenvalue weighted by atomic mass is 10.00. The Hall–Kier alpha value is -1.29. The van der Waals surface area contributed by atoms with Crippen molar-refractivity contribution < 1.29 is 14.3 Å². The predicted molar refractivity (Wildman–Crippen MR) is 88.8 cm³/mol. The second-order valence-electron chi connectivity index (χ2n) is 7.19. The van der Waals surface area contributed by atoms with Crippen LogP contribution < -0.4 is 0 Å². The highest BCUT2D eigenvalue weighted by molar-refractivity contribution is 5.76. The topological polar surface area (TPSA) is 53.7 Å². The van der Waals surface area contributed by atoms with Crippen molar-refractivity contribution in [2.45, 2.75) is 76.4 Å². The molecule has 128 valence electrons. The van der Waals surface area contributed by atoms with Crippen LogP contribution in [0, 0.1) is 5.92 Å². The largest absolute Gasteiger partial charge is 0.467 e. The Morgan fingerprint density at radius 1 is 1.30 bits per heavy atom. The highest BCUT2D eigenvalue weighted by Crippen LogP contribution is 2.31. The molecule has 3 rings (SSSR count). The second-order valence-corrected chi connectivity index (χ2v) is 7.19. The molecule has 1 amide bonds. The molecule has 1 aromatic heterocycles. The van der Waals surface area contributed by atoms with Crippen LogP contribution in [0.1, 0.15) is 76.1 Å². The van der Waals surface area contributed by atoms with E-state index in [2.05, 4.69) is 0 Å². The van der Waals surface area contributed by atoms with E-state index in [0.29, 0.717) is 18.6 Å². The zero-order valence-corrected chi connectivity index (χ0v) is 14.0. The molecule has 2 fully saturated rings. The van der Waals surface area contributed by atoms with Crippen LogP contribution >= 0.6 is 0 Å². The van der Waals surface area contributed by atoms with Crippen molar-refractivity contribution in [1.29, 1.82) is 0 Å². The predicted octanol–water partition coefficient (Wildman–Crippen LogP) is 4.05. The van der Waals surface area contributed by atoms with Gasteiger partial charge in [0.25, 0.3) is 0 Å². The molecule has 2 atom stereocenters. The van der Waals surface area contributed by atoms with Crippen molar-refractivity contribution in [1.82, 2.24) is 4.90 Å². The summed E-state index contributed by atoms with van der Waals surface area (Å²) in [6, 6.07) is 3.75. The number of nitrogens with zero attached hydrogens (tertiary/aromatic N) is 1. The quantitative estimate of drug-likeness (QED) is 0.824. The van der Waals surface area contributed by atoms with E-state index in [1.54, 1.807) is 18.4 Å². The first kappa shape index (κ1) is 16.6. The van der Waals surface area contributed by atoms with Crippen molar-refractivity contribution in [3.63, 3.8) is 0 Å². The fourth-order valence-corrected chi connectivity index (χ4v) is 4.25. The molecule has 1 N–H and O–H groups in total. The molecule has 23 heavy (non-hydrogen) atoms. The summed E-state index contributed by atoms with van der Waals surface area (Å²) in [6.07, 6.45) is 12.0. The monoisotopic (exact) mass is 319 g/mol. The molecule has 0 aromatic carbocycles. The summed E-state index contributed by atoms with van der Waals surface area (Å²) in [4.78, 5) is 14.5. The first-order valence-electron chi connectivity index (χ1n) is 9.25. The molecule has 1 aromatic rings. The standard InChI is InChI=1S/C19H29NO3/c21-17(18-10-5-13-23-18)14-16-9-4-12-20(16)19(22)11-3-8-15-6-1-2-7-15/h5,10,13,15-17,21H,1-4,6-9,11-12,14H2. The van der Waals surface area contributed by atoms with Gasteiger partial charge in [-0.15, -0.1) is 0 Å². The second kappa shape index (κ2) is 8.00.